The number of carbonyl (C=O) groups is 1. The fraction of sp³-hybridized carbons (Fsp3) is 0.800. The van der Waals surface area contributed by atoms with E-state index in [4.69, 9.17) is 5.26 Å². The van der Waals surface area contributed by atoms with Crippen LogP contribution in [0.15, 0.2) is 0 Å². The summed E-state index contributed by atoms with van der Waals surface area (Å²) in [5.41, 5.74) is 0. The number of halogens is 3. The molecule has 0 rings (SSSR count). The lowest BCUT2D eigenvalue weighted by molar-refractivity contribution is -0.175. The summed E-state index contributed by atoms with van der Waals surface area (Å²) in [5, 5.41) is 8.49. The van der Waals surface area contributed by atoms with Gasteiger partial charge in [0.15, 0.2) is 0 Å². The molecule has 0 saturated carbocycles. The van der Waals surface area contributed by atoms with Crippen LogP contribution in [0.3, 0.4) is 0 Å². The number of ether oxygens (including phenoxy) is 1. The predicted molar refractivity (Wildman–Crippen MR) is 54.0 cm³/mol. The van der Waals surface area contributed by atoms with Crippen molar-refractivity contribution in [3.8, 4) is 6.07 Å². The lowest BCUT2D eigenvalue weighted by Gasteiger charge is -2.23. The van der Waals surface area contributed by atoms with Crippen molar-refractivity contribution in [3.63, 3.8) is 0 Å². The molecule has 0 heterocycles. The number of alkyl halides is 3. The number of nitrogens with zero attached hydrogens (tertiary/aromatic N) is 2. The minimum absolute atomic E-state index is 0.0736. The smallest absolute Gasteiger partial charge is 0.372 e. The second kappa shape index (κ2) is 7.12. The number of hydrogen-bond donors (Lipinski definition) is 0. The molecule has 7 heteroatoms. The number of carbonyl (C=O) groups excluding carboxylic acids is 1. The van der Waals surface area contributed by atoms with Crippen molar-refractivity contribution in [2.24, 2.45) is 0 Å². The Morgan fingerprint density at radius 3 is 2.47 bits per heavy atom. The molecule has 17 heavy (non-hydrogen) atoms. The SMILES string of the molecule is CC(C)N(CC#N)C(=O)CCOCC(F)(F)F. The number of amides is 1. The lowest BCUT2D eigenvalue weighted by Crippen LogP contribution is -2.37. The van der Waals surface area contributed by atoms with Crippen LogP contribution in [0.5, 0.6) is 0 Å². The fourth-order valence-electron chi connectivity index (χ4n) is 1.13. The molecule has 0 radical (unpaired) electrons. The zero-order chi connectivity index (χ0) is 13.5. The molecule has 0 aromatic heterocycles. The Labute approximate surface area is 97.9 Å². The summed E-state index contributed by atoms with van der Waals surface area (Å²) in [7, 11) is 0. The van der Waals surface area contributed by atoms with Gasteiger partial charge in [0, 0.05) is 6.04 Å². The van der Waals surface area contributed by atoms with Crippen molar-refractivity contribution >= 4 is 5.91 Å². The largest absolute Gasteiger partial charge is 0.411 e. The van der Waals surface area contributed by atoms with Crippen LogP contribution in [0.4, 0.5) is 13.2 Å². The van der Waals surface area contributed by atoms with Crippen molar-refractivity contribution < 1.29 is 22.7 Å². The topological polar surface area (TPSA) is 53.3 Å². The van der Waals surface area contributed by atoms with Crippen molar-refractivity contribution in [2.45, 2.75) is 32.5 Å². The van der Waals surface area contributed by atoms with Gasteiger partial charge in [-0.25, -0.2) is 0 Å². The molecule has 98 valence electrons. The molecule has 0 bridgehead atoms. The molecule has 4 nitrogen and oxygen atoms in total. The second-order valence-electron chi connectivity index (χ2n) is 3.69. The Morgan fingerprint density at radius 1 is 1.47 bits per heavy atom. The minimum Gasteiger partial charge on any atom is -0.372 e. The number of nitriles is 1. The van der Waals surface area contributed by atoms with Crippen LogP contribution in [-0.4, -0.2) is 42.8 Å². The summed E-state index contributed by atoms with van der Waals surface area (Å²) in [5.74, 6) is -0.385. The van der Waals surface area contributed by atoms with Gasteiger partial charge in [-0.3, -0.25) is 4.79 Å². The normalized spacial score (nSPS) is 11.4. The van der Waals surface area contributed by atoms with Crippen LogP contribution < -0.4 is 0 Å². The maximum Gasteiger partial charge on any atom is 0.411 e. The maximum absolute atomic E-state index is 11.7. The molecule has 0 saturated heterocycles. The highest BCUT2D eigenvalue weighted by Crippen LogP contribution is 2.14. The van der Waals surface area contributed by atoms with Crippen molar-refractivity contribution in [1.82, 2.24) is 4.90 Å². The Balaban J connectivity index is 3.96. The van der Waals surface area contributed by atoms with Gasteiger partial charge < -0.3 is 9.64 Å². The molecule has 0 N–H and O–H groups in total. The summed E-state index contributed by atoms with van der Waals surface area (Å²) < 4.78 is 39.5. The minimum atomic E-state index is -4.38. The van der Waals surface area contributed by atoms with Crippen molar-refractivity contribution in [1.29, 1.82) is 5.26 Å². The van der Waals surface area contributed by atoms with E-state index in [-0.39, 0.29) is 31.5 Å². The molecule has 0 aromatic rings. The third-order valence-corrected chi connectivity index (χ3v) is 1.91. The Hall–Kier alpha value is -1.29. The van der Waals surface area contributed by atoms with E-state index in [0.717, 1.165) is 0 Å². The molecule has 0 aliphatic carbocycles. The van der Waals surface area contributed by atoms with Crippen LogP contribution in [0, 0.1) is 11.3 Å². The highest BCUT2D eigenvalue weighted by atomic mass is 19.4. The average Bonchev–Trinajstić information content (AvgIpc) is 2.18. The molecule has 0 aromatic carbocycles. The molecular formula is C10H15F3N2O2. The van der Waals surface area contributed by atoms with Gasteiger partial charge in [-0.15, -0.1) is 0 Å². The van der Waals surface area contributed by atoms with E-state index in [0.29, 0.717) is 0 Å². The van der Waals surface area contributed by atoms with E-state index < -0.39 is 12.8 Å². The second-order valence-corrected chi connectivity index (χ2v) is 3.69. The zero-order valence-electron chi connectivity index (χ0n) is 9.75. The van der Waals surface area contributed by atoms with E-state index in [1.165, 1.54) is 4.90 Å². The maximum atomic E-state index is 11.7. The van der Waals surface area contributed by atoms with Crippen molar-refractivity contribution in [2.75, 3.05) is 19.8 Å². The molecule has 0 unspecified atom stereocenters. The molecule has 0 aliphatic heterocycles. The monoisotopic (exact) mass is 252 g/mol. The van der Waals surface area contributed by atoms with Crippen molar-refractivity contribution in [3.05, 3.63) is 0 Å². The summed E-state index contributed by atoms with van der Waals surface area (Å²) >= 11 is 0. The van der Waals surface area contributed by atoms with E-state index in [1.54, 1.807) is 13.8 Å². The van der Waals surface area contributed by atoms with Crippen LogP contribution in [0.1, 0.15) is 20.3 Å². The number of rotatable bonds is 6. The van der Waals surface area contributed by atoms with Crippen LogP contribution in [-0.2, 0) is 9.53 Å². The molecule has 0 fully saturated rings. The Morgan fingerprint density at radius 2 is 2.06 bits per heavy atom. The fourth-order valence-corrected chi connectivity index (χ4v) is 1.13. The van der Waals surface area contributed by atoms with Crippen LogP contribution in [0.25, 0.3) is 0 Å². The summed E-state index contributed by atoms with van der Waals surface area (Å²) in [6.45, 7) is 1.72. The first-order valence-corrected chi connectivity index (χ1v) is 5.09. The molecule has 0 spiro atoms. The first-order chi connectivity index (χ1) is 7.78. The van der Waals surface area contributed by atoms with Gasteiger partial charge in [0.25, 0.3) is 0 Å². The van der Waals surface area contributed by atoms with E-state index in [2.05, 4.69) is 4.74 Å². The van der Waals surface area contributed by atoms with E-state index >= 15 is 0 Å². The van der Waals surface area contributed by atoms with Gasteiger partial charge in [0.05, 0.1) is 19.1 Å². The number of hydrogen-bond acceptors (Lipinski definition) is 3. The van der Waals surface area contributed by atoms with Gasteiger partial charge in [-0.05, 0) is 13.8 Å². The standard InChI is InChI=1S/C10H15F3N2O2/c1-8(2)15(5-4-14)9(16)3-6-17-7-10(11,12)13/h8H,3,5-7H2,1-2H3. The molecule has 0 atom stereocenters. The van der Waals surface area contributed by atoms with Crippen LogP contribution >= 0.6 is 0 Å². The van der Waals surface area contributed by atoms with Crippen LogP contribution in [0.2, 0.25) is 0 Å². The lowest BCUT2D eigenvalue weighted by atomic mass is 10.3. The Bertz CT molecular complexity index is 284. The third kappa shape index (κ3) is 7.58. The first-order valence-electron chi connectivity index (χ1n) is 5.09. The Kier molecular flexibility index (Phi) is 6.58. The average molecular weight is 252 g/mol. The van der Waals surface area contributed by atoms with Gasteiger partial charge >= 0.3 is 6.18 Å². The van der Waals surface area contributed by atoms with E-state index in [9.17, 15) is 18.0 Å². The van der Waals surface area contributed by atoms with Gasteiger partial charge in [0.2, 0.25) is 5.91 Å². The molecular weight excluding hydrogens is 237 g/mol. The highest BCUT2D eigenvalue weighted by molar-refractivity contribution is 5.76. The molecule has 0 aliphatic rings. The molecule has 1 amide bonds. The third-order valence-electron chi connectivity index (χ3n) is 1.91. The first kappa shape index (κ1) is 15.7. The summed E-state index contributed by atoms with van der Waals surface area (Å²) in [4.78, 5) is 12.8. The predicted octanol–water partition coefficient (Wildman–Crippen LogP) is 1.72. The van der Waals surface area contributed by atoms with Gasteiger partial charge in [-0.1, -0.05) is 0 Å². The summed E-state index contributed by atoms with van der Waals surface area (Å²) in [6.07, 6.45) is -4.54. The van der Waals surface area contributed by atoms with Gasteiger partial charge in [0.1, 0.15) is 13.2 Å². The van der Waals surface area contributed by atoms with Gasteiger partial charge in [-0.2, -0.15) is 18.4 Å². The summed E-state index contributed by atoms with van der Waals surface area (Å²) in [6, 6.07) is 1.67. The van der Waals surface area contributed by atoms with E-state index in [1.807, 2.05) is 6.07 Å². The highest BCUT2D eigenvalue weighted by Gasteiger charge is 2.27. The quantitative estimate of drug-likeness (QED) is 0.534. The zero-order valence-corrected chi connectivity index (χ0v) is 9.75.